The van der Waals surface area contributed by atoms with Gasteiger partial charge in [0.15, 0.2) is 15.5 Å². The van der Waals surface area contributed by atoms with Crippen molar-refractivity contribution >= 4 is 38.5 Å². The number of carbonyl (C=O) groups is 1. The Kier molecular flexibility index (Phi) is 5.27. The molecule has 0 fully saturated rings. The number of hydrogen-bond acceptors (Lipinski definition) is 5. The molecule has 0 saturated carbocycles. The molecule has 0 bridgehead atoms. The van der Waals surface area contributed by atoms with E-state index in [0.29, 0.717) is 33.0 Å². The van der Waals surface area contributed by atoms with E-state index in [1.807, 2.05) is 18.2 Å². The summed E-state index contributed by atoms with van der Waals surface area (Å²) in [7, 11) is -3.32. The largest absolute Gasteiger partial charge is 0.348 e. The van der Waals surface area contributed by atoms with Gasteiger partial charge in [0.05, 0.1) is 27.4 Å². The van der Waals surface area contributed by atoms with Crippen LogP contribution in [0.1, 0.15) is 15.9 Å². The van der Waals surface area contributed by atoms with E-state index in [4.69, 9.17) is 11.6 Å². The summed E-state index contributed by atoms with van der Waals surface area (Å²) in [5.74, 6) is -0.350. The minimum atomic E-state index is -3.32. The first kappa shape index (κ1) is 20.1. The van der Waals surface area contributed by atoms with Crippen LogP contribution in [0, 0.1) is 0 Å². The molecular weight excluding hydrogens is 424 g/mol. The normalized spacial score (nSPS) is 11.5. The van der Waals surface area contributed by atoms with E-state index in [-0.39, 0.29) is 17.3 Å². The van der Waals surface area contributed by atoms with Crippen LogP contribution in [0.4, 0.5) is 0 Å². The highest BCUT2D eigenvalue weighted by Crippen LogP contribution is 2.27. The van der Waals surface area contributed by atoms with E-state index in [2.05, 4.69) is 20.3 Å². The number of nitrogens with one attached hydrogen (secondary N) is 2. The van der Waals surface area contributed by atoms with Crippen LogP contribution < -0.4 is 5.32 Å². The highest BCUT2D eigenvalue weighted by molar-refractivity contribution is 7.90. The lowest BCUT2D eigenvalue weighted by Crippen LogP contribution is -2.22. The number of fused-ring (bicyclic) bond motifs is 1. The van der Waals surface area contributed by atoms with E-state index in [9.17, 15) is 13.2 Å². The molecule has 9 heteroatoms. The number of hydrogen-bond donors (Lipinski definition) is 2. The van der Waals surface area contributed by atoms with Gasteiger partial charge in [-0.15, -0.1) is 0 Å². The standard InChI is InChI=1S/C21H17ClN4O3S/c1-30(28,29)14-6-4-5-13(9-14)10-25-21(27)16-11-23-20-19(16)26-18(12-24-20)15-7-2-3-8-17(15)22/h2-9,11-12H,10H2,1H3,(H,23,24)(H,25,27). The van der Waals surface area contributed by atoms with Crippen LogP contribution in [0.15, 0.2) is 65.8 Å². The highest BCUT2D eigenvalue weighted by Gasteiger charge is 2.16. The van der Waals surface area contributed by atoms with Crippen molar-refractivity contribution in [3.05, 3.63) is 77.1 Å². The fraction of sp³-hybridized carbons (Fsp3) is 0.0952. The van der Waals surface area contributed by atoms with Gasteiger partial charge >= 0.3 is 0 Å². The average Bonchev–Trinajstić information content (AvgIpc) is 3.15. The third-order valence-electron chi connectivity index (χ3n) is 4.55. The van der Waals surface area contributed by atoms with Crippen molar-refractivity contribution in [3.63, 3.8) is 0 Å². The Bertz CT molecular complexity index is 1370. The molecule has 4 aromatic rings. The summed E-state index contributed by atoms with van der Waals surface area (Å²) in [5, 5.41) is 3.34. The second-order valence-electron chi connectivity index (χ2n) is 6.74. The zero-order valence-corrected chi connectivity index (χ0v) is 17.5. The first-order valence-electron chi connectivity index (χ1n) is 8.99. The number of aromatic nitrogens is 3. The van der Waals surface area contributed by atoms with Gasteiger partial charge in [-0.25, -0.2) is 18.4 Å². The third-order valence-corrected chi connectivity index (χ3v) is 5.99. The van der Waals surface area contributed by atoms with Gasteiger partial charge in [-0.05, 0) is 23.8 Å². The topological polar surface area (TPSA) is 105 Å². The van der Waals surface area contributed by atoms with Crippen molar-refractivity contribution in [1.29, 1.82) is 0 Å². The van der Waals surface area contributed by atoms with Crippen molar-refractivity contribution in [3.8, 4) is 11.3 Å². The first-order chi connectivity index (χ1) is 14.3. The number of rotatable bonds is 5. The molecule has 0 spiro atoms. The van der Waals surface area contributed by atoms with E-state index >= 15 is 0 Å². The van der Waals surface area contributed by atoms with Gasteiger partial charge in [-0.2, -0.15) is 0 Å². The molecule has 0 unspecified atom stereocenters. The lowest BCUT2D eigenvalue weighted by Gasteiger charge is -2.07. The van der Waals surface area contributed by atoms with Crippen LogP contribution >= 0.6 is 11.6 Å². The van der Waals surface area contributed by atoms with Crippen molar-refractivity contribution in [2.75, 3.05) is 6.26 Å². The van der Waals surface area contributed by atoms with Gasteiger partial charge in [0.25, 0.3) is 5.91 Å². The molecule has 0 saturated heterocycles. The Hall–Kier alpha value is -3.23. The highest BCUT2D eigenvalue weighted by atomic mass is 35.5. The number of amides is 1. The molecule has 0 aliphatic carbocycles. The zero-order valence-electron chi connectivity index (χ0n) is 15.9. The second-order valence-corrected chi connectivity index (χ2v) is 9.16. The number of benzene rings is 2. The quantitative estimate of drug-likeness (QED) is 0.493. The maximum absolute atomic E-state index is 12.7. The number of aromatic amines is 1. The molecule has 2 aromatic heterocycles. The number of nitrogens with zero attached hydrogens (tertiary/aromatic N) is 2. The van der Waals surface area contributed by atoms with Crippen LogP contribution in [-0.4, -0.2) is 35.5 Å². The Morgan fingerprint density at radius 1 is 1.17 bits per heavy atom. The van der Waals surface area contributed by atoms with Crippen LogP contribution in [0.2, 0.25) is 5.02 Å². The molecule has 152 valence electrons. The monoisotopic (exact) mass is 440 g/mol. The summed E-state index contributed by atoms with van der Waals surface area (Å²) >= 11 is 6.25. The third kappa shape index (κ3) is 4.05. The zero-order chi connectivity index (χ0) is 21.3. The van der Waals surface area contributed by atoms with Crippen molar-refractivity contribution in [2.24, 2.45) is 0 Å². The molecule has 0 aliphatic rings. The predicted molar refractivity (Wildman–Crippen MR) is 115 cm³/mol. The van der Waals surface area contributed by atoms with E-state index in [0.717, 1.165) is 11.8 Å². The maximum atomic E-state index is 12.7. The summed E-state index contributed by atoms with van der Waals surface area (Å²) in [5.41, 5.74) is 3.20. The van der Waals surface area contributed by atoms with Crippen molar-refractivity contribution < 1.29 is 13.2 Å². The molecule has 0 atom stereocenters. The van der Waals surface area contributed by atoms with Gasteiger partial charge < -0.3 is 10.3 Å². The van der Waals surface area contributed by atoms with Gasteiger partial charge in [0.1, 0.15) is 5.52 Å². The Morgan fingerprint density at radius 2 is 1.97 bits per heavy atom. The predicted octanol–water partition coefficient (Wildman–Crippen LogP) is 3.61. The van der Waals surface area contributed by atoms with Crippen molar-refractivity contribution in [1.82, 2.24) is 20.3 Å². The molecule has 1 amide bonds. The summed E-state index contributed by atoms with van der Waals surface area (Å²) < 4.78 is 23.4. The number of carbonyl (C=O) groups excluding carboxylic acids is 1. The summed E-state index contributed by atoms with van der Waals surface area (Å²) in [6.45, 7) is 0.173. The molecule has 0 aliphatic heterocycles. The van der Waals surface area contributed by atoms with E-state index in [1.54, 1.807) is 36.7 Å². The SMILES string of the molecule is CS(=O)(=O)c1cccc(CNC(=O)c2c[nH]c3ncc(-c4ccccc4Cl)nc23)c1. The molecule has 30 heavy (non-hydrogen) atoms. The summed E-state index contributed by atoms with van der Waals surface area (Å²) in [6.07, 6.45) is 4.29. The fourth-order valence-electron chi connectivity index (χ4n) is 3.03. The molecule has 2 N–H and O–H groups in total. The van der Waals surface area contributed by atoms with Gasteiger partial charge in [-0.3, -0.25) is 4.79 Å². The molecule has 2 aromatic carbocycles. The van der Waals surface area contributed by atoms with Crippen molar-refractivity contribution in [2.45, 2.75) is 11.4 Å². The Labute approximate surface area is 178 Å². The van der Waals surface area contributed by atoms with Crippen LogP contribution in [0.25, 0.3) is 22.4 Å². The smallest absolute Gasteiger partial charge is 0.255 e. The molecule has 4 rings (SSSR count). The summed E-state index contributed by atoms with van der Waals surface area (Å²) in [6, 6.07) is 13.7. The fourth-order valence-corrected chi connectivity index (χ4v) is 3.95. The molecule has 0 radical (unpaired) electrons. The number of H-pyrrole nitrogens is 1. The molecular formula is C21H17ClN4O3S. The Balaban J connectivity index is 1.60. The Morgan fingerprint density at radius 3 is 2.73 bits per heavy atom. The van der Waals surface area contributed by atoms with Crippen LogP contribution in [0.3, 0.4) is 0 Å². The summed E-state index contributed by atoms with van der Waals surface area (Å²) in [4.78, 5) is 24.8. The van der Waals surface area contributed by atoms with Gasteiger partial charge in [-0.1, -0.05) is 41.9 Å². The van der Waals surface area contributed by atoms with Gasteiger partial charge in [0, 0.05) is 24.6 Å². The van der Waals surface area contributed by atoms with E-state index in [1.165, 1.54) is 6.07 Å². The second kappa shape index (κ2) is 7.89. The number of sulfone groups is 1. The van der Waals surface area contributed by atoms with Gasteiger partial charge in [0.2, 0.25) is 0 Å². The minimum Gasteiger partial charge on any atom is -0.348 e. The minimum absolute atomic E-state index is 0.173. The molecule has 2 heterocycles. The lowest BCUT2D eigenvalue weighted by atomic mass is 10.1. The van der Waals surface area contributed by atoms with Crippen LogP contribution in [0.5, 0.6) is 0 Å². The molecule has 7 nitrogen and oxygen atoms in total. The maximum Gasteiger partial charge on any atom is 0.255 e. The van der Waals surface area contributed by atoms with Crippen LogP contribution in [-0.2, 0) is 16.4 Å². The average molecular weight is 441 g/mol. The number of halogens is 1. The lowest BCUT2D eigenvalue weighted by molar-refractivity contribution is 0.0952. The van der Waals surface area contributed by atoms with E-state index < -0.39 is 9.84 Å². The first-order valence-corrected chi connectivity index (χ1v) is 11.3.